The van der Waals surface area contributed by atoms with Gasteiger partial charge in [-0.25, -0.2) is 4.79 Å². The molecule has 1 aromatic rings. The summed E-state index contributed by atoms with van der Waals surface area (Å²) in [5, 5.41) is 8.55. The standard InChI is InChI=1S/C17H25NO4/c1-4-5-6-13(2)17(21)18(3)11-14-7-9-15(10-8-14)22-12-16(19)20/h7-10,13H,4-6,11-12H2,1-3H3,(H,19,20). The highest BCUT2D eigenvalue weighted by molar-refractivity contribution is 5.78. The number of carboxylic acid groups (broad SMARTS) is 1. The predicted molar refractivity (Wildman–Crippen MR) is 84.7 cm³/mol. The molecule has 0 aliphatic carbocycles. The molecule has 5 nitrogen and oxygen atoms in total. The maximum absolute atomic E-state index is 12.2. The van der Waals surface area contributed by atoms with Gasteiger partial charge in [0, 0.05) is 19.5 Å². The minimum atomic E-state index is -1.00. The Morgan fingerprint density at radius 3 is 2.45 bits per heavy atom. The first kappa shape index (κ1) is 18.0. The van der Waals surface area contributed by atoms with Crippen LogP contribution in [-0.2, 0) is 16.1 Å². The summed E-state index contributed by atoms with van der Waals surface area (Å²) in [5.74, 6) is -0.297. The zero-order valence-corrected chi connectivity index (χ0v) is 13.5. The number of unbranched alkanes of at least 4 members (excludes halogenated alkanes) is 1. The Kier molecular flexibility index (Phi) is 7.43. The smallest absolute Gasteiger partial charge is 0.341 e. The van der Waals surface area contributed by atoms with E-state index in [1.165, 1.54) is 0 Å². The average Bonchev–Trinajstić information content (AvgIpc) is 2.51. The number of amides is 1. The van der Waals surface area contributed by atoms with Crippen LogP contribution in [0.3, 0.4) is 0 Å². The molecule has 0 radical (unpaired) electrons. The third-order valence-corrected chi connectivity index (χ3v) is 3.49. The fourth-order valence-corrected chi connectivity index (χ4v) is 2.20. The van der Waals surface area contributed by atoms with Crippen LogP contribution in [0.5, 0.6) is 5.75 Å². The number of rotatable bonds is 9. The van der Waals surface area contributed by atoms with Gasteiger partial charge in [-0.15, -0.1) is 0 Å². The Morgan fingerprint density at radius 1 is 1.27 bits per heavy atom. The third kappa shape index (κ3) is 6.16. The molecule has 1 amide bonds. The van der Waals surface area contributed by atoms with E-state index in [0.29, 0.717) is 12.3 Å². The molecule has 122 valence electrons. The van der Waals surface area contributed by atoms with Crippen molar-refractivity contribution < 1.29 is 19.4 Å². The zero-order valence-electron chi connectivity index (χ0n) is 13.5. The van der Waals surface area contributed by atoms with Crippen molar-refractivity contribution in [3.8, 4) is 5.75 Å². The second-order valence-corrected chi connectivity index (χ2v) is 5.56. The van der Waals surface area contributed by atoms with Crippen molar-refractivity contribution in [1.82, 2.24) is 4.90 Å². The minimum Gasteiger partial charge on any atom is -0.482 e. The molecule has 0 bridgehead atoms. The van der Waals surface area contributed by atoms with E-state index in [0.717, 1.165) is 24.8 Å². The van der Waals surface area contributed by atoms with Gasteiger partial charge in [-0.3, -0.25) is 4.79 Å². The van der Waals surface area contributed by atoms with Crippen LogP contribution < -0.4 is 4.74 Å². The van der Waals surface area contributed by atoms with Crippen LogP contribution in [-0.4, -0.2) is 35.5 Å². The van der Waals surface area contributed by atoms with Crippen LogP contribution in [0.2, 0.25) is 0 Å². The number of carbonyl (C=O) groups excluding carboxylic acids is 1. The van der Waals surface area contributed by atoms with E-state index in [4.69, 9.17) is 9.84 Å². The molecule has 1 aromatic carbocycles. The first-order chi connectivity index (χ1) is 10.4. The van der Waals surface area contributed by atoms with Crippen molar-refractivity contribution in [2.45, 2.75) is 39.7 Å². The molecule has 0 heterocycles. The molecule has 1 unspecified atom stereocenters. The maximum Gasteiger partial charge on any atom is 0.341 e. The van der Waals surface area contributed by atoms with Crippen LogP contribution in [0.4, 0.5) is 0 Å². The number of hydrogen-bond acceptors (Lipinski definition) is 3. The topological polar surface area (TPSA) is 66.8 Å². The number of benzene rings is 1. The van der Waals surface area contributed by atoms with Crippen LogP contribution in [0.25, 0.3) is 0 Å². The Hall–Kier alpha value is -2.04. The highest BCUT2D eigenvalue weighted by atomic mass is 16.5. The van der Waals surface area contributed by atoms with Crippen molar-refractivity contribution in [2.75, 3.05) is 13.7 Å². The molecule has 5 heteroatoms. The first-order valence-corrected chi connectivity index (χ1v) is 7.62. The molecule has 22 heavy (non-hydrogen) atoms. The summed E-state index contributed by atoms with van der Waals surface area (Å²) in [5.41, 5.74) is 0.987. The number of ether oxygens (including phenoxy) is 1. The quantitative estimate of drug-likeness (QED) is 0.761. The van der Waals surface area contributed by atoms with Crippen molar-refractivity contribution in [3.63, 3.8) is 0 Å². The number of carbonyl (C=O) groups is 2. The largest absolute Gasteiger partial charge is 0.482 e. The van der Waals surface area contributed by atoms with Gasteiger partial charge in [0.1, 0.15) is 5.75 Å². The van der Waals surface area contributed by atoms with Crippen LogP contribution in [0, 0.1) is 5.92 Å². The van der Waals surface area contributed by atoms with E-state index in [1.807, 2.05) is 19.1 Å². The van der Waals surface area contributed by atoms with Gasteiger partial charge in [0.2, 0.25) is 5.91 Å². The second-order valence-electron chi connectivity index (χ2n) is 5.56. The van der Waals surface area contributed by atoms with Gasteiger partial charge in [0.15, 0.2) is 6.61 Å². The van der Waals surface area contributed by atoms with E-state index in [1.54, 1.807) is 24.1 Å². The summed E-state index contributed by atoms with van der Waals surface area (Å²) < 4.78 is 5.08. The Balaban J connectivity index is 2.51. The van der Waals surface area contributed by atoms with E-state index < -0.39 is 5.97 Å². The summed E-state index contributed by atoms with van der Waals surface area (Å²) >= 11 is 0. The van der Waals surface area contributed by atoms with E-state index >= 15 is 0 Å². The number of nitrogens with zero attached hydrogens (tertiary/aromatic N) is 1. The van der Waals surface area contributed by atoms with Gasteiger partial charge in [0.05, 0.1) is 0 Å². The van der Waals surface area contributed by atoms with E-state index in [-0.39, 0.29) is 18.4 Å². The average molecular weight is 307 g/mol. The zero-order chi connectivity index (χ0) is 16.5. The Labute approximate surface area is 131 Å². The monoisotopic (exact) mass is 307 g/mol. The van der Waals surface area contributed by atoms with Crippen molar-refractivity contribution in [1.29, 1.82) is 0 Å². The molecule has 1 rings (SSSR count). The van der Waals surface area contributed by atoms with E-state index in [9.17, 15) is 9.59 Å². The number of aliphatic carboxylic acids is 1. The lowest BCUT2D eigenvalue weighted by Crippen LogP contribution is -2.31. The van der Waals surface area contributed by atoms with Gasteiger partial charge in [-0.05, 0) is 24.1 Å². The SMILES string of the molecule is CCCCC(C)C(=O)N(C)Cc1ccc(OCC(=O)O)cc1. The molecule has 0 saturated carbocycles. The maximum atomic E-state index is 12.2. The Bertz CT molecular complexity index is 484. The number of hydrogen-bond donors (Lipinski definition) is 1. The molecular weight excluding hydrogens is 282 g/mol. The highest BCUT2D eigenvalue weighted by Gasteiger charge is 2.17. The fraction of sp³-hybridized carbons (Fsp3) is 0.529. The van der Waals surface area contributed by atoms with E-state index in [2.05, 4.69) is 6.92 Å². The third-order valence-electron chi connectivity index (χ3n) is 3.49. The van der Waals surface area contributed by atoms with Crippen LogP contribution >= 0.6 is 0 Å². The van der Waals surface area contributed by atoms with Crippen molar-refractivity contribution >= 4 is 11.9 Å². The first-order valence-electron chi connectivity index (χ1n) is 7.62. The molecule has 0 spiro atoms. The van der Waals surface area contributed by atoms with Gasteiger partial charge in [0.25, 0.3) is 0 Å². The summed E-state index contributed by atoms with van der Waals surface area (Å²) in [6.45, 7) is 4.27. The molecule has 0 fully saturated rings. The highest BCUT2D eigenvalue weighted by Crippen LogP contribution is 2.16. The van der Waals surface area contributed by atoms with Gasteiger partial charge in [-0.2, -0.15) is 0 Å². The molecule has 0 aliphatic rings. The summed E-state index contributed by atoms with van der Waals surface area (Å²) in [6, 6.07) is 7.13. The van der Waals surface area contributed by atoms with Gasteiger partial charge in [-0.1, -0.05) is 38.8 Å². The fourth-order valence-electron chi connectivity index (χ4n) is 2.20. The normalized spacial score (nSPS) is 11.8. The minimum absolute atomic E-state index is 0.0446. The van der Waals surface area contributed by atoms with Gasteiger partial charge < -0.3 is 14.7 Å². The summed E-state index contributed by atoms with van der Waals surface area (Å²) in [4.78, 5) is 24.4. The molecular formula is C17H25NO4. The molecule has 1 N–H and O–H groups in total. The molecule has 1 atom stereocenters. The lowest BCUT2D eigenvalue weighted by molar-refractivity contribution is -0.139. The summed E-state index contributed by atoms with van der Waals surface area (Å²) in [6.07, 6.45) is 3.08. The molecule has 0 aromatic heterocycles. The lowest BCUT2D eigenvalue weighted by Gasteiger charge is -2.21. The van der Waals surface area contributed by atoms with Crippen molar-refractivity contribution in [2.24, 2.45) is 5.92 Å². The Morgan fingerprint density at radius 2 is 1.91 bits per heavy atom. The van der Waals surface area contributed by atoms with Crippen LogP contribution in [0.15, 0.2) is 24.3 Å². The van der Waals surface area contributed by atoms with Gasteiger partial charge >= 0.3 is 5.97 Å². The predicted octanol–water partition coefficient (Wildman–Crippen LogP) is 2.93. The second kappa shape index (κ2) is 9.07. The molecule has 0 saturated heterocycles. The molecule has 0 aliphatic heterocycles. The van der Waals surface area contributed by atoms with Crippen molar-refractivity contribution in [3.05, 3.63) is 29.8 Å². The number of carboxylic acids is 1. The van der Waals surface area contributed by atoms with Crippen LogP contribution in [0.1, 0.15) is 38.7 Å². The lowest BCUT2D eigenvalue weighted by atomic mass is 10.0. The summed E-state index contributed by atoms with van der Waals surface area (Å²) in [7, 11) is 1.81.